The van der Waals surface area contributed by atoms with Crippen LogP contribution >= 0.6 is 0 Å². The molecule has 4 rings (SSSR count). The van der Waals surface area contributed by atoms with E-state index >= 15 is 0 Å². The average molecular weight is 481 g/mol. The van der Waals surface area contributed by atoms with Gasteiger partial charge in [-0.3, -0.25) is 9.13 Å². The maximum Gasteiger partial charge on any atom is 0.329 e. The molecule has 0 aliphatic rings. The van der Waals surface area contributed by atoms with Crippen molar-refractivity contribution in [3.8, 4) is 22.5 Å². The van der Waals surface area contributed by atoms with Crippen molar-refractivity contribution in [3.05, 3.63) is 76.0 Å². The number of rotatable bonds is 11. The van der Waals surface area contributed by atoms with Crippen LogP contribution in [0.25, 0.3) is 22.5 Å². The van der Waals surface area contributed by atoms with Gasteiger partial charge in [0.05, 0.1) is 6.54 Å². The first-order valence-electron chi connectivity index (χ1n) is 12.1. The number of imidazole rings is 1. The zero-order chi connectivity index (χ0) is 24.8. The molecule has 0 amide bonds. The molecule has 0 aliphatic carbocycles. The van der Waals surface area contributed by atoms with Crippen molar-refractivity contribution in [2.75, 3.05) is 0 Å². The Morgan fingerprint density at radius 3 is 2.31 bits per heavy atom. The van der Waals surface area contributed by atoms with Crippen LogP contribution in [0.4, 0.5) is 8.78 Å². The highest BCUT2D eigenvalue weighted by Gasteiger charge is 2.25. The lowest BCUT2D eigenvalue weighted by molar-refractivity contribution is 0.139. The SMILES string of the molecule is CCCCCn1c(C(F)F)c(CCC)n(Cc2ccc(-c3ccccc3-c3nn[nH]n3)cc2)c1=O. The Labute approximate surface area is 202 Å². The maximum atomic E-state index is 14.1. The highest BCUT2D eigenvalue weighted by molar-refractivity contribution is 5.80. The Morgan fingerprint density at radius 2 is 1.69 bits per heavy atom. The molecule has 0 aliphatic heterocycles. The van der Waals surface area contributed by atoms with Crippen molar-refractivity contribution in [2.45, 2.75) is 65.5 Å². The van der Waals surface area contributed by atoms with Gasteiger partial charge < -0.3 is 0 Å². The summed E-state index contributed by atoms with van der Waals surface area (Å²) in [5.41, 5.74) is 3.59. The van der Waals surface area contributed by atoms with Gasteiger partial charge in [0.1, 0.15) is 5.69 Å². The molecule has 0 fully saturated rings. The van der Waals surface area contributed by atoms with E-state index in [4.69, 9.17) is 0 Å². The summed E-state index contributed by atoms with van der Waals surface area (Å²) in [6.07, 6.45) is 1.01. The number of alkyl halides is 2. The lowest BCUT2D eigenvalue weighted by Crippen LogP contribution is -2.26. The van der Waals surface area contributed by atoms with Gasteiger partial charge >= 0.3 is 5.69 Å². The van der Waals surface area contributed by atoms with E-state index < -0.39 is 6.43 Å². The minimum atomic E-state index is -2.68. The van der Waals surface area contributed by atoms with Gasteiger partial charge in [0.15, 0.2) is 0 Å². The Kier molecular flexibility index (Phi) is 7.84. The lowest BCUT2D eigenvalue weighted by Gasteiger charge is -2.11. The van der Waals surface area contributed by atoms with Gasteiger partial charge in [0, 0.05) is 17.8 Å². The second-order valence-electron chi connectivity index (χ2n) is 8.59. The first kappa shape index (κ1) is 24.5. The molecule has 35 heavy (non-hydrogen) atoms. The Balaban J connectivity index is 1.66. The molecule has 0 saturated heterocycles. The second kappa shape index (κ2) is 11.2. The summed E-state index contributed by atoms with van der Waals surface area (Å²) in [7, 11) is 0. The van der Waals surface area contributed by atoms with Gasteiger partial charge in [0.25, 0.3) is 6.43 Å². The standard InChI is InChI=1S/C26H30F2N6O/c1-3-5-8-16-33-23(24(27)28)22(9-4-2)34(26(33)35)17-18-12-14-19(15-13-18)20-10-6-7-11-21(20)25-29-31-32-30-25/h6-7,10-15,24H,3-5,8-9,16-17H2,1-2H3,(H,29,30,31,32). The topological polar surface area (TPSA) is 81.4 Å². The molecule has 184 valence electrons. The molecule has 2 heterocycles. The molecule has 4 aromatic rings. The summed E-state index contributed by atoms with van der Waals surface area (Å²) in [6, 6.07) is 15.6. The Bertz CT molecular complexity index is 1290. The number of nitrogens with one attached hydrogen (secondary N) is 1. The summed E-state index contributed by atoms with van der Waals surface area (Å²) in [5.74, 6) is 0.504. The van der Waals surface area contributed by atoms with Crippen molar-refractivity contribution < 1.29 is 8.78 Å². The van der Waals surface area contributed by atoms with Gasteiger partial charge in [-0.2, -0.15) is 5.21 Å². The quantitative estimate of drug-likeness (QED) is 0.282. The number of halogens is 2. The molecule has 0 spiro atoms. The monoisotopic (exact) mass is 480 g/mol. The third-order valence-electron chi connectivity index (χ3n) is 6.17. The Morgan fingerprint density at radius 1 is 0.943 bits per heavy atom. The average Bonchev–Trinajstić information content (AvgIpc) is 3.48. The number of benzene rings is 2. The molecule has 0 bridgehead atoms. The molecule has 9 heteroatoms. The fourth-order valence-electron chi connectivity index (χ4n) is 4.48. The molecular formula is C26H30F2N6O. The first-order valence-corrected chi connectivity index (χ1v) is 12.1. The summed E-state index contributed by atoms with van der Waals surface area (Å²) >= 11 is 0. The van der Waals surface area contributed by atoms with Crippen LogP contribution in [0.3, 0.4) is 0 Å². The fourth-order valence-corrected chi connectivity index (χ4v) is 4.48. The zero-order valence-corrected chi connectivity index (χ0v) is 20.0. The fraction of sp³-hybridized carbons (Fsp3) is 0.385. The lowest BCUT2D eigenvalue weighted by atomic mass is 9.98. The molecule has 0 unspecified atom stereocenters. The van der Waals surface area contributed by atoms with Gasteiger partial charge in [-0.25, -0.2) is 13.6 Å². The number of H-pyrrole nitrogens is 1. The van der Waals surface area contributed by atoms with Gasteiger partial charge in [-0.15, -0.1) is 10.2 Å². The maximum absolute atomic E-state index is 14.1. The molecular weight excluding hydrogens is 450 g/mol. The van der Waals surface area contributed by atoms with Crippen LogP contribution < -0.4 is 5.69 Å². The predicted molar refractivity (Wildman–Crippen MR) is 131 cm³/mol. The third-order valence-corrected chi connectivity index (χ3v) is 6.17. The second-order valence-corrected chi connectivity index (χ2v) is 8.59. The van der Waals surface area contributed by atoms with E-state index in [0.29, 0.717) is 37.3 Å². The summed E-state index contributed by atoms with van der Waals surface area (Å²) in [4.78, 5) is 13.2. The summed E-state index contributed by atoms with van der Waals surface area (Å²) in [5, 5.41) is 14.3. The third kappa shape index (κ3) is 5.23. The van der Waals surface area contributed by atoms with E-state index in [9.17, 15) is 13.6 Å². The molecule has 1 N–H and O–H groups in total. The predicted octanol–water partition coefficient (Wildman–Crippen LogP) is 5.63. The van der Waals surface area contributed by atoms with E-state index in [0.717, 1.165) is 35.1 Å². The van der Waals surface area contributed by atoms with Crippen molar-refractivity contribution in [1.82, 2.24) is 29.8 Å². The van der Waals surface area contributed by atoms with E-state index in [1.165, 1.54) is 9.13 Å². The highest BCUT2D eigenvalue weighted by Crippen LogP contribution is 2.30. The van der Waals surface area contributed by atoms with Gasteiger partial charge in [-0.1, -0.05) is 81.6 Å². The van der Waals surface area contributed by atoms with E-state index in [1.54, 1.807) is 0 Å². The number of hydrogen-bond donors (Lipinski definition) is 1. The van der Waals surface area contributed by atoms with Crippen LogP contribution in [0.1, 0.15) is 62.9 Å². The summed E-state index contributed by atoms with van der Waals surface area (Å²) < 4.78 is 30.9. The summed E-state index contributed by atoms with van der Waals surface area (Å²) in [6.45, 7) is 4.56. The number of aromatic amines is 1. The van der Waals surface area contributed by atoms with E-state index in [-0.39, 0.29) is 17.9 Å². The van der Waals surface area contributed by atoms with Crippen LogP contribution in [0.5, 0.6) is 0 Å². The molecule has 2 aromatic carbocycles. The van der Waals surface area contributed by atoms with Crippen LogP contribution in [-0.4, -0.2) is 29.8 Å². The smallest absolute Gasteiger partial charge is 0.291 e. The number of hydrogen-bond acceptors (Lipinski definition) is 4. The van der Waals surface area contributed by atoms with Crippen LogP contribution in [0, 0.1) is 0 Å². The highest BCUT2D eigenvalue weighted by atomic mass is 19.3. The van der Waals surface area contributed by atoms with Crippen LogP contribution in [0.15, 0.2) is 53.3 Å². The number of nitrogens with zero attached hydrogens (tertiary/aromatic N) is 5. The molecule has 0 atom stereocenters. The van der Waals surface area contributed by atoms with Crippen molar-refractivity contribution in [1.29, 1.82) is 0 Å². The normalized spacial score (nSPS) is 11.5. The van der Waals surface area contributed by atoms with E-state index in [2.05, 4.69) is 27.5 Å². The molecule has 2 aromatic heterocycles. The van der Waals surface area contributed by atoms with Crippen molar-refractivity contribution in [2.24, 2.45) is 0 Å². The van der Waals surface area contributed by atoms with Crippen LogP contribution in [-0.2, 0) is 19.5 Å². The van der Waals surface area contributed by atoms with Crippen LogP contribution in [0.2, 0.25) is 0 Å². The molecule has 0 radical (unpaired) electrons. The number of unbranched alkanes of at least 4 members (excludes halogenated alkanes) is 2. The molecule has 0 saturated carbocycles. The zero-order valence-electron chi connectivity index (χ0n) is 20.0. The van der Waals surface area contributed by atoms with E-state index in [1.807, 2.05) is 55.5 Å². The largest absolute Gasteiger partial charge is 0.329 e. The van der Waals surface area contributed by atoms with Gasteiger partial charge in [-0.05, 0) is 34.7 Å². The Hall–Kier alpha value is -3.62. The first-order chi connectivity index (χ1) is 17.0. The number of tetrazole rings is 1. The van der Waals surface area contributed by atoms with Crippen molar-refractivity contribution in [3.63, 3.8) is 0 Å². The van der Waals surface area contributed by atoms with Gasteiger partial charge in [0.2, 0.25) is 5.82 Å². The molecule has 7 nitrogen and oxygen atoms in total. The van der Waals surface area contributed by atoms with Crippen molar-refractivity contribution >= 4 is 0 Å². The minimum Gasteiger partial charge on any atom is -0.291 e. The minimum absolute atomic E-state index is 0.126. The number of aromatic nitrogens is 6.